The molecule has 5 rings (SSSR count). The zero-order chi connectivity index (χ0) is 27.4. The molecular weight excluding hydrogens is 484 g/mol. The van der Waals surface area contributed by atoms with Gasteiger partial charge in [-0.3, -0.25) is 9.69 Å². The quantitative estimate of drug-likeness (QED) is 0.302. The van der Waals surface area contributed by atoms with Gasteiger partial charge in [-0.05, 0) is 55.0 Å². The molecule has 3 aromatic carbocycles. The molecule has 4 aromatic rings. The summed E-state index contributed by atoms with van der Waals surface area (Å²) in [6.07, 6.45) is 1.60. The summed E-state index contributed by atoms with van der Waals surface area (Å²) in [4.78, 5) is 20.3. The molecule has 1 N–H and O–H groups in total. The predicted molar refractivity (Wildman–Crippen MR) is 154 cm³/mol. The summed E-state index contributed by atoms with van der Waals surface area (Å²) in [6, 6.07) is 26.8. The summed E-state index contributed by atoms with van der Waals surface area (Å²) in [6.45, 7) is 10.9. The molecule has 39 heavy (non-hydrogen) atoms. The third kappa shape index (κ3) is 6.63. The molecular formula is C33H38N4O2. The van der Waals surface area contributed by atoms with E-state index in [9.17, 15) is 4.79 Å². The number of nitrogens with zero attached hydrogens (tertiary/aromatic N) is 3. The normalized spacial score (nSPS) is 15.7. The minimum atomic E-state index is -0.161. The Balaban J connectivity index is 1.18. The minimum Gasteiger partial charge on any atom is -0.345 e. The van der Waals surface area contributed by atoms with E-state index in [0.717, 1.165) is 42.6 Å². The van der Waals surface area contributed by atoms with E-state index in [2.05, 4.69) is 109 Å². The van der Waals surface area contributed by atoms with Gasteiger partial charge in [0.2, 0.25) is 17.6 Å². The third-order valence-corrected chi connectivity index (χ3v) is 7.59. The number of carbonyl (C=O) groups is 1. The Morgan fingerprint density at radius 3 is 2.33 bits per heavy atom. The fraction of sp³-hybridized carbons (Fsp3) is 0.364. The van der Waals surface area contributed by atoms with Gasteiger partial charge in [0, 0.05) is 11.5 Å². The first-order valence-electron chi connectivity index (χ1n) is 13.8. The van der Waals surface area contributed by atoms with Crippen molar-refractivity contribution in [1.29, 1.82) is 0 Å². The van der Waals surface area contributed by atoms with Crippen LogP contribution < -0.4 is 5.32 Å². The lowest BCUT2D eigenvalue weighted by Gasteiger charge is -2.31. The van der Waals surface area contributed by atoms with Crippen molar-refractivity contribution in [3.8, 4) is 11.4 Å². The first-order chi connectivity index (χ1) is 18.8. The summed E-state index contributed by atoms with van der Waals surface area (Å²) in [5.74, 6) is 1.32. The second kappa shape index (κ2) is 11.5. The van der Waals surface area contributed by atoms with Crippen molar-refractivity contribution < 1.29 is 9.32 Å². The minimum absolute atomic E-state index is 0.0168. The molecule has 1 amide bonds. The van der Waals surface area contributed by atoms with Gasteiger partial charge in [0.1, 0.15) is 0 Å². The smallest absolute Gasteiger partial charge is 0.241 e. The molecule has 0 bridgehead atoms. The van der Waals surface area contributed by atoms with Crippen LogP contribution in [0.2, 0.25) is 0 Å². The highest BCUT2D eigenvalue weighted by Crippen LogP contribution is 2.27. The molecule has 1 aromatic heterocycles. The monoisotopic (exact) mass is 522 g/mol. The highest BCUT2D eigenvalue weighted by Gasteiger charge is 2.28. The number of carbonyl (C=O) groups excluding carboxylic acids is 1. The molecule has 0 spiro atoms. The van der Waals surface area contributed by atoms with Crippen LogP contribution >= 0.6 is 0 Å². The van der Waals surface area contributed by atoms with Gasteiger partial charge >= 0.3 is 0 Å². The SMILES string of the molecule is Cc1cccc(C(NC(=O)C2CCN(Cc3nc(-c4ccc(C(C)(C)C)cc4)no3)CC2)c2ccccc2)c1. The highest BCUT2D eigenvalue weighted by atomic mass is 16.5. The van der Waals surface area contributed by atoms with Crippen molar-refractivity contribution in [2.24, 2.45) is 5.92 Å². The maximum atomic E-state index is 13.4. The summed E-state index contributed by atoms with van der Waals surface area (Å²) >= 11 is 0. The Morgan fingerprint density at radius 1 is 0.974 bits per heavy atom. The second-order valence-electron chi connectivity index (χ2n) is 11.7. The van der Waals surface area contributed by atoms with Crippen LogP contribution in [0.5, 0.6) is 0 Å². The molecule has 1 fully saturated rings. The number of aryl methyl sites for hydroxylation is 1. The van der Waals surface area contributed by atoms with Crippen LogP contribution in [0.1, 0.15) is 67.8 Å². The number of nitrogens with one attached hydrogen (secondary N) is 1. The molecule has 1 saturated heterocycles. The summed E-state index contributed by atoms with van der Waals surface area (Å²) < 4.78 is 5.57. The van der Waals surface area contributed by atoms with Gasteiger partial charge in [0.15, 0.2) is 0 Å². The topological polar surface area (TPSA) is 71.3 Å². The number of likely N-dealkylation sites (tertiary alicyclic amines) is 1. The Labute approximate surface area is 231 Å². The summed E-state index contributed by atoms with van der Waals surface area (Å²) in [5.41, 5.74) is 5.71. The average molecular weight is 523 g/mol. The van der Waals surface area contributed by atoms with Crippen LogP contribution in [0.15, 0.2) is 83.4 Å². The van der Waals surface area contributed by atoms with E-state index in [-0.39, 0.29) is 23.3 Å². The maximum Gasteiger partial charge on any atom is 0.241 e. The lowest BCUT2D eigenvalue weighted by molar-refractivity contribution is -0.127. The first kappa shape index (κ1) is 26.8. The number of benzene rings is 3. The average Bonchev–Trinajstić information content (AvgIpc) is 3.40. The maximum absolute atomic E-state index is 13.4. The van der Waals surface area contributed by atoms with Gasteiger partial charge < -0.3 is 9.84 Å². The van der Waals surface area contributed by atoms with Gasteiger partial charge in [-0.15, -0.1) is 0 Å². The van der Waals surface area contributed by atoms with Crippen molar-refractivity contribution in [2.75, 3.05) is 13.1 Å². The summed E-state index contributed by atoms with van der Waals surface area (Å²) in [7, 11) is 0. The van der Waals surface area contributed by atoms with Crippen molar-refractivity contribution >= 4 is 5.91 Å². The number of amides is 1. The predicted octanol–water partition coefficient (Wildman–Crippen LogP) is 6.46. The van der Waals surface area contributed by atoms with Gasteiger partial charge in [-0.2, -0.15) is 4.98 Å². The van der Waals surface area contributed by atoms with Crippen molar-refractivity contribution in [3.05, 3.63) is 107 Å². The number of rotatable bonds is 7. The molecule has 1 aliphatic heterocycles. The fourth-order valence-corrected chi connectivity index (χ4v) is 5.21. The largest absolute Gasteiger partial charge is 0.345 e. The Kier molecular flexibility index (Phi) is 7.94. The Bertz CT molecular complexity index is 1380. The van der Waals surface area contributed by atoms with E-state index in [1.165, 1.54) is 11.1 Å². The van der Waals surface area contributed by atoms with Crippen molar-refractivity contribution in [3.63, 3.8) is 0 Å². The molecule has 0 radical (unpaired) electrons. The van der Waals surface area contributed by atoms with Crippen LogP contribution in [0.25, 0.3) is 11.4 Å². The Hall–Kier alpha value is -3.77. The van der Waals surface area contributed by atoms with Gasteiger partial charge in [0.05, 0.1) is 12.6 Å². The molecule has 1 unspecified atom stereocenters. The highest BCUT2D eigenvalue weighted by molar-refractivity contribution is 5.79. The lowest BCUT2D eigenvalue weighted by Crippen LogP contribution is -2.41. The van der Waals surface area contributed by atoms with Gasteiger partial charge in [-0.25, -0.2) is 0 Å². The summed E-state index contributed by atoms with van der Waals surface area (Å²) in [5, 5.41) is 7.55. The first-order valence-corrected chi connectivity index (χ1v) is 13.8. The number of hydrogen-bond acceptors (Lipinski definition) is 5. The number of hydrogen-bond donors (Lipinski definition) is 1. The van der Waals surface area contributed by atoms with E-state index >= 15 is 0 Å². The van der Waals surface area contributed by atoms with Gasteiger partial charge in [-0.1, -0.05) is 110 Å². The number of aromatic nitrogens is 2. The molecule has 0 aliphatic carbocycles. The van der Waals surface area contributed by atoms with Crippen molar-refractivity contribution in [2.45, 2.75) is 58.5 Å². The molecule has 6 nitrogen and oxygen atoms in total. The third-order valence-electron chi connectivity index (χ3n) is 7.59. The van der Waals surface area contributed by atoms with E-state index < -0.39 is 0 Å². The molecule has 1 aliphatic rings. The molecule has 6 heteroatoms. The van der Waals surface area contributed by atoms with Crippen LogP contribution in [-0.4, -0.2) is 34.0 Å². The van der Waals surface area contributed by atoms with E-state index in [4.69, 9.17) is 4.52 Å². The molecule has 2 heterocycles. The zero-order valence-electron chi connectivity index (χ0n) is 23.4. The van der Waals surface area contributed by atoms with E-state index in [1.807, 2.05) is 18.2 Å². The molecule has 202 valence electrons. The second-order valence-corrected chi connectivity index (χ2v) is 11.7. The molecule has 1 atom stereocenters. The van der Waals surface area contributed by atoms with E-state index in [1.54, 1.807) is 0 Å². The van der Waals surface area contributed by atoms with Crippen LogP contribution in [0.4, 0.5) is 0 Å². The zero-order valence-corrected chi connectivity index (χ0v) is 23.4. The standard InChI is InChI=1S/C33H38N4O2/c1-23-9-8-12-27(21-23)30(24-10-6-5-7-11-24)35-32(38)26-17-19-37(20-18-26)22-29-34-31(36-39-29)25-13-15-28(16-14-25)33(2,3)4/h5-16,21,26,30H,17-20,22H2,1-4H3,(H,35,38). The van der Waals surface area contributed by atoms with Crippen LogP contribution in [0, 0.1) is 12.8 Å². The van der Waals surface area contributed by atoms with E-state index in [0.29, 0.717) is 18.3 Å². The van der Waals surface area contributed by atoms with Crippen LogP contribution in [0.3, 0.4) is 0 Å². The van der Waals surface area contributed by atoms with Crippen LogP contribution in [-0.2, 0) is 16.8 Å². The van der Waals surface area contributed by atoms with Crippen molar-refractivity contribution in [1.82, 2.24) is 20.4 Å². The number of piperidine rings is 1. The molecule has 0 saturated carbocycles. The Morgan fingerprint density at radius 2 is 1.67 bits per heavy atom. The lowest BCUT2D eigenvalue weighted by atomic mass is 9.87. The van der Waals surface area contributed by atoms with Gasteiger partial charge in [0.25, 0.3) is 0 Å². The fourth-order valence-electron chi connectivity index (χ4n) is 5.21.